The molecule has 1 atom stereocenters. The van der Waals surface area contributed by atoms with Gasteiger partial charge >= 0.3 is 0 Å². The van der Waals surface area contributed by atoms with Gasteiger partial charge in [0.2, 0.25) is 5.91 Å². The van der Waals surface area contributed by atoms with Gasteiger partial charge in [-0.05, 0) is 78.5 Å². The molecule has 0 saturated heterocycles. The molecule has 1 heterocycles. The molecule has 5 rings (SSSR count). The molecular weight excluding hydrogens is 552 g/mol. The second kappa shape index (κ2) is 12.9. The SMILES string of the molecule is COc1ccc(-c2nsc(C(=O)N(c3ccccc3OC)[C@H](C(=O)NC3CCCC3)c3ccc(OC)cc3)c2N)cc1. The van der Waals surface area contributed by atoms with E-state index >= 15 is 0 Å². The Morgan fingerprint density at radius 1 is 0.905 bits per heavy atom. The van der Waals surface area contributed by atoms with Gasteiger partial charge in [-0.2, -0.15) is 4.37 Å². The Morgan fingerprint density at radius 2 is 1.52 bits per heavy atom. The van der Waals surface area contributed by atoms with Crippen LogP contribution in [0.25, 0.3) is 11.3 Å². The topological polar surface area (TPSA) is 116 Å². The maximum absolute atomic E-state index is 14.6. The van der Waals surface area contributed by atoms with E-state index in [0.717, 1.165) is 42.8 Å². The number of carbonyl (C=O) groups excluding carboxylic acids is 2. The van der Waals surface area contributed by atoms with Crippen LogP contribution in [0.3, 0.4) is 0 Å². The van der Waals surface area contributed by atoms with Gasteiger partial charge in [0.05, 0.1) is 32.7 Å². The summed E-state index contributed by atoms with van der Waals surface area (Å²) >= 11 is 0.999. The fraction of sp³-hybridized carbons (Fsp3) is 0.281. The largest absolute Gasteiger partial charge is 0.497 e. The molecule has 218 valence electrons. The summed E-state index contributed by atoms with van der Waals surface area (Å²) in [4.78, 5) is 30.4. The number of para-hydroxylation sites is 2. The summed E-state index contributed by atoms with van der Waals surface area (Å²) in [5.74, 6) is 1.03. The molecule has 3 aromatic carbocycles. The maximum atomic E-state index is 14.6. The highest BCUT2D eigenvalue weighted by Gasteiger charge is 2.38. The van der Waals surface area contributed by atoms with Gasteiger partial charge in [0.15, 0.2) is 0 Å². The van der Waals surface area contributed by atoms with Gasteiger partial charge in [0.1, 0.15) is 33.9 Å². The number of methoxy groups -OCH3 is 3. The van der Waals surface area contributed by atoms with Crippen molar-refractivity contribution in [2.24, 2.45) is 0 Å². The minimum atomic E-state index is -1.02. The lowest BCUT2D eigenvalue weighted by Gasteiger charge is -2.33. The van der Waals surface area contributed by atoms with Crippen LogP contribution in [0, 0.1) is 0 Å². The first-order chi connectivity index (χ1) is 20.4. The minimum absolute atomic E-state index is 0.0445. The van der Waals surface area contributed by atoms with Crippen molar-refractivity contribution in [2.45, 2.75) is 37.8 Å². The molecule has 0 spiro atoms. The summed E-state index contributed by atoms with van der Waals surface area (Å²) in [6.45, 7) is 0. The highest BCUT2D eigenvalue weighted by molar-refractivity contribution is 7.09. The van der Waals surface area contributed by atoms with Crippen LogP contribution in [0.4, 0.5) is 11.4 Å². The monoisotopic (exact) mass is 586 g/mol. The third-order valence-electron chi connectivity index (χ3n) is 7.49. The molecule has 0 bridgehead atoms. The molecule has 1 saturated carbocycles. The van der Waals surface area contributed by atoms with E-state index < -0.39 is 11.9 Å². The smallest absolute Gasteiger partial charge is 0.273 e. The summed E-state index contributed by atoms with van der Waals surface area (Å²) < 4.78 is 20.8. The lowest BCUT2D eigenvalue weighted by Crippen LogP contribution is -2.46. The Kier molecular flexibility index (Phi) is 8.92. The predicted octanol–water partition coefficient (Wildman–Crippen LogP) is 5.87. The van der Waals surface area contributed by atoms with Crippen molar-refractivity contribution in [3.63, 3.8) is 0 Å². The normalized spacial score (nSPS) is 13.8. The first-order valence-corrected chi connectivity index (χ1v) is 14.5. The molecule has 0 aliphatic heterocycles. The molecule has 2 amide bonds. The third kappa shape index (κ3) is 5.89. The van der Waals surface area contributed by atoms with E-state index in [9.17, 15) is 9.59 Å². The summed E-state index contributed by atoms with van der Waals surface area (Å²) in [6, 6.07) is 20.6. The number of carbonyl (C=O) groups is 2. The van der Waals surface area contributed by atoms with Gasteiger partial charge in [-0.25, -0.2) is 0 Å². The van der Waals surface area contributed by atoms with E-state index in [4.69, 9.17) is 19.9 Å². The van der Waals surface area contributed by atoms with Gasteiger partial charge in [-0.15, -0.1) is 0 Å². The first-order valence-electron chi connectivity index (χ1n) is 13.8. The van der Waals surface area contributed by atoms with Crippen molar-refractivity contribution in [1.82, 2.24) is 9.69 Å². The van der Waals surface area contributed by atoms with E-state index in [-0.39, 0.29) is 22.5 Å². The summed E-state index contributed by atoms with van der Waals surface area (Å²) in [5.41, 5.74) is 9.12. The van der Waals surface area contributed by atoms with Crippen LogP contribution in [0.1, 0.15) is 47.0 Å². The van der Waals surface area contributed by atoms with Crippen molar-refractivity contribution in [3.8, 4) is 28.5 Å². The number of nitrogens with zero attached hydrogens (tertiary/aromatic N) is 2. The van der Waals surface area contributed by atoms with Crippen LogP contribution >= 0.6 is 11.5 Å². The molecule has 3 N–H and O–H groups in total. The van der Waals surface area contributed by atoms with Gasteiger partial charge in [-0.1, -0.05) is 37.1 Å². The zero-order valence-corrected chi connectivity index (χ0v) is 24.6. The highest BCUT2D eigenvalue weighted by Crippen LogP contribution is 2.40. The standard InChI is InChI=1S/C32H34N4O5S/c1-39-23-16-12-20(13-17-23)28-27(33)30(42-35-28)32(38)36(25-10-6-7-11-26(25)41-3)29(21-14-18-24(40-2)19-15-21)31(37)34-22-8-4-5-9-22/h6-7,10-19,22,29H,4-5,8-9,33H2,1-3H3,(H,34,37)/t29-/m0/s1. The van der Waals surface area contributed by atoms with E-state index in [0.29, 0.717) is 34.2 Å². The molecule has 1 aromatic heterocycles. The molecule has 4 aromatic rings. The minimum Gasteiger partial charge on any atom is -0.497 e. The van der Waals surface area contributed by atoms with Crippen molar-refractivity contribution in [1.29, 1.82) is 0 Å². The lowest BCUT2D eigenvalue weighted by molar-refractivity contribution is -0.123. The van der Waals surface area contributed by atoms with E-state index in [1.54, 1.807) is 56.7 Å². The zero-order chi connectivity index (χ0) is 29.6. The number of hydrogen-bond donors (Lipinski definition) is 2. The third-order valence-corrected chi connectivity index (χ3v) is 8.34. The van der Waals surface area contributed by atoms with Crippen molar-refractivity contribution >= 4 is 34.7 Å². The Morgan fingerprint density at radius 3 is 2.14 bits per heavy atom. The average Bonchev–Trinajstić information content (AvgIpc) is 3.69. The number of anilines is 2. The number of hydrogen-bond acceptors (Lipinski definition) is 8. The number of nitrogen functional groups attached to an aromatic ring is 1. The Labute approximate surface area is 249 Å². The molecule has 9 nitrogen and oxygen atoms in total. The summed E-state index contributed by atoms with van der Waals surface area (Å²) in [5, 5.41) is 3.20. The summed E-state index contributed by atoms with van der Waals surface area (Å²) in [7, 11) is 4.71. The van der Waals surface area contributed by atoms with Crippen LogP contribution in [0.5, 0.6) is 17.2 Å². The Bertz CT molecular complexity index is 1530. The second-order valence-electron chi connectivity index (χ2n) is 10.0. The molecule has 0 radical (unpaired) electrons. The molecule has 1 aliphatic rings. The Balaban J connectivity index is 1.63. The quantitative estimate of drug-likeness (QED) is 0.239. The average molecular weight is 587 g/mol. The second-order valence-corrected chi connectivity index (χ2v) is 10.8. The van der Waals surface area contributed by atoms with Gasteiger partial charge in [0.25, 0.3) is 5.91 Å². The molecule has 1 aliphatic carbocycles. The van der Waals surface area contributed by atoms with Gasteiger partial charge in [0, 0.05) is 11.6 Å². The Hall–Kier alpha value is -4.57. The van der Waals surface area contributed by atoms with E-state index in [1.165, 1.54) is 12.0 Å². The number of aromatic nitrogens is 1. The fourth-order valence-corrected chi connectivity index (χ4v) is 6.02. The van der Waals surface area contributed by atoms with Crippen LogP contribution in [-0.4, -0.2) is 43.6 Å². The number of ether oxygens (including phenoxy) is 3. The van der Waals surface area contributed by atoms with Crippen LogP contribution in [0.15, 0.2) is 72.8 Å². The zero-order valence-electron chi connectivity index (χ0n) is 23.8. The summed E-state index contributed by atoms with van der Waals surface area (Å²) in [6.07, 6.45) is 3.91. The van der Waals surface area contributed by atoms with Crippen molar-refractivity contribution < 1.29 is 23.8 Å². The van der Waals surface area contributed by atoms with Crippen LogP contribution in [-0.2, 0) is 4.79 Å². The number of amides is 2. The van der Waals surface area contributed by atoms with Crippen molar-refractivity contribution in [2.75, 3.05) is 32.0 Å². The predicted molar refractivity (Wildman–Crippen MR) is 164 cm³/mol. The van der Waals surface area contributed by atoms with E-state index in [1.807, 2.05) is 30.3 Å². The number of nitrogens with two attached hydrogens (primary N) is 1. The highest BCUT2D eigenvalue weighted by atomic mass is 32.1. The molecule has 0 unspecified atom stereocenters. The molecular formula is C32H34N4O5S. The fourth-order valence-electron chi connectivity index (χ4n) is 5.27. The molecule has 1 fully saturated rings. The first kappa shape index (κ1) is 28.9. The maximum Gasteiger partial charge on any atom is 0.273 e. The number of benzene rings is 3. The molecule has 42 heavy (non-hydrogen) atoms. The van der Waals surface area contributed by atoms with E-state index in [2.05, 4.69) is 9.69 Å². The van der Waals surface area contributed by atoms with Crippen molar-refractivity contribution in [3.05, 3.63) is 83.2 Å². The van der Waals surface area contributed by atoms with Gasteiger partial charge in [-0.3, -0.25) is 14.5 Å². The van der Waals surface area contributed by atoms with Crippen LogP contribution < -0.4 is 30.2 Å². The van der Waals surface area contributed by atoms with Crippen LogP contribution in [0.2, 0.25) is 0 Å². The van der Waals surface area contributed by atoms with Gasteiger partial charge < -0.3 is 25.3 Å². The number of rotatable bonds is 10. The molecule has 10 heteroatoms. The number of nitrogens with one attached hydrogen (secondary N) is 1. The lowest BCUT2D eigenvalue weighted by atomic mass is 10.0.